The number of hydrogen-bond donors (Lipinski definition) is 0. The van der Waals surface area contributed by atoms with Crippen molar-refractivity contribution in [3.8, 4) is 0 Å². The number of amides is 2. The molecule has 1 saturated heterocycles. The standard InChI is InChI=1S/C24H26ClN3O2/c1-4-26-10-12-27(13-11-26)22-21(20-9-8-16(2)14-17(20)3)23(29)28(24(22)30)19-7-5-6-18(25)15-19/h5-9,14-15H,4,10-13H2,1-3H3. The van der Waals surface area contributed by atoms with E-state index in [9.17, 15) is 9.59 Å². The van der Waals surface area contributed by atoms with E-state index in [2.05, 4.69) is 22.8 Å². The van der Waals surface area contributed by atoms with Crippen LogP contribution in [0.1, 0.15) is 23.6 Å². The molecular weight excluding hydrogens is 398 g/mol. The summed E-state index contributed by atoms with van der Waals surface area (Å²) in [4.78, 5) is 32.9. The van der Waals surface area contributed by atoms with E-state index in [1.165, 1.54) is 4.90 Å². The zero-order valence-corrected chi connectivity index (χ0v) is 18.4. The number of nitrogens with zero attached hydrogens (tertiary/aromatic N) is 3. The van der Waals surface area contributed by atoms with Crippen LogP contribution in [0.4, 0.5) is 5.69 Å². The average molecular weight is 424 g/mol. The Morgan fingerprint density at radius 2 is 1.67 bits per heavy atom. The summed E-state index contributed by atoms with van der Waals surface area (Å²) in [5.74, 6) is -0.565. The van der Waals surface area contributed by atoms with Crippen molar-refractivity contribution in [2.75, 3.05) is 37.6 Å². The van der Waals surface area contributed by atoms with Crippen molar-refractivity contribution >= 4 is 34.7 Å². The highest BCUT2D eigenvalue weighted by atomic mass is 35.5. The molecule has 1 fully saturated rings. The van der Waals surface area contributed by atoms with E-state index in [0.29, 0.717) is 22.0 Å². The zero-order valence-electron chi connectivity index (χ0n) is 17.6. The number of aryl methyl sites for hydroxylation is 2. The lowest BCUT2D eigenvalue weighted by Gasteiger charge is -2.36. The minimum atomic E-state index is -0.290. The van der Waals surface area contributed by atoms with Crippen LogP contribution in [0.5, 0.6) is 0 Å². The van der Waals surface area contributed by atoms with Gasteiger partial charge < -0.3 is 9.80 Å². The van der Waals surface area contributed by atoms with Gasteiger partial charge in [0.1, 0.15) is 5.70 Å². The molecule has 0 aromatic heterocycles. The van der Waals surface area contributed by atoms with Gasteiger partial charge in [0.05, 0.1) is 11.3 Å². The lowest BCUT2D eigenvalue weighted by atomic mass is 9.97. The van der Waals surface area contributed by atoms with Crippen molar-refractivity contribution < 1.29 is 9.59 Å². The summed E-state index contributed by atoms with van der Waals surface area (Å²) in [7, 11) is 0. The molecule has 0 bridgehead atoms. The molecule has 0 unspecified atom stereocenters. The van der Waals surface area contributed by atoms with E-state index >= 15 is 0 Å². The number of rotatable bonds is 4. The minimum Gasteiger partial charge on any atom is -0.364 e. The van der Waals surface area contributed by atoms with Gasteiger partial charge in [-0.2, -0.15) is 0 Å². The Hall–Kier alpha value is -2.63. The van der Waals surface area contributed by atoms with Crippen LogP contribution in [0.2, 0.25) is 5.02 Å². The molecule has 2 amide bonds. The van der Waals surface area contributed by atoms with Crippen molar-refractivity contribution in [1.82, 2.24) is 9.80 Å². The molecule has 4 rings (SSSR count). The largest absolute Gasteiger partial charge is 0.364 e. The molecule has 5 nitrogen and oxygen atoms in total. The first-order chi connectivity index (χ1) is 14.4. The monoisotopic (exact) mass is 423 g/mol. The Morgan fingerprint density at radius 1 is 0.933 bits per heavy atom. The van der Waals surface area contributed by atoms with E-state index in [-0.39, 0.29) is 11.8 Å². The summed E-state index contributed by atoms with van der Waals surface area (Å²) in [6.45, 7) is 10.3. The number of anilines is 1. The van der Waals surface area contributed by atoms with Crippen molar-refractivity contribution in [1.29, 1.82) is 0 Å². The van der Waals surface area contributed by atoms with Crippen LogP contribution in [0.3, 0.4) is 0 Å². The maximum Gasteiger partial charge on any atom is 0.282 e. The fourth-order valence-electron chi connectivity index (χ4n) is 4.29. The second kappa shape index (κ2) is 8.25. The lowest BCUT2D eigenvalue weighted by Crippen LogP contribution is -2.47. The zero-order chi connectivity index (χ0) is 21.4. The average Bonchev–Trinajstić information content (AvgIpc) is 2.98. The summed E-state index contributed by atoms with van der Waals surface area (Å²) in [5.41, 5.74) is 4.42. The molecule has 0 atom stereocenters. The molecule has 156 valence electrons. The Labute approximate surface area is 182 Å². The quantitative estimate of drug-likeness (QED) is 0.700. The Bertz CT molecular complexity index is 1040. The molecule has 0 aliphatic carbocycles. The predicted octanol–water partition coefficient (Wildman–Crippen LogP) is 3.88. The van der Waals surface area contributed by atoms with Crippen LogP contribution in [-0.4, -0.2) is 54.3 Å². The van der Waals surface area contributed by atoms with Crippen LogP contribution >= 0.6 is 11.6 Å². The van der Waals surface area contributed by atoms with Crippen LogP contribution in [0.15, 0.2) is 48.2 Å². The van der Waals surface area contributed by atoms with Gasteiger partial charge in [0, 0.05) is 31.2 Å². The van der Waals surface area contributed by atoms with Gasteiger partial charge >= 0.3 is 0 Å². The van der Waals surface area contributed by atoms with Crippen LogP contribution in [0.25, 0.3) is 5.57 Å². The van der Waals surface area contributed by atoms with Crippen molar-refractivity contribution in [3.05, 3.63) is 69.9 Å². The molecule has 0 spiro atoms. The lowest BCUT2D eigenvalue weighted by molar-refractivity contribution is -0.120. The third kappa shape index (κ3) is 3.64. The molecule has 2 aliphatic heterocycles. The third-order valence-corrected chi connectivity index (χ3v) is 6.15. The normalized spacial score (nSPS) is 18.0. The van der Waals surface area contributed by atoms with Crippen LogP contribution in [-0.2, 0) is 9.59 Å². The molecule has 2 aromatic carbocycles. The molecule has 2 heterocycles. The first-order valence-electron chi connectivity index (χ1n) is 10.3. The van der Waals surface area contributed by atoms with Crippen molar-refractivity contribution in [2.45, 2.75) is 20.8 Å². The van der Waals surface area contributed by atoms with E-state index in [4.69, 9.17) is 11.6 Å². The Kier molecular flexibility index (Phi) is 5.67. The number of carbonyl (C=O) groups excluding carboxylic acids is 2. The van der Waals surface area contributed by atoms with Crippen molar-refractivity contribution in [2.24, 2.45) is 0 Å². The van der Waals surface area contributed by atoms with Gasteiger partial charge in [0.15, 0.2) is 0 Å². The molecular formula is C24H26ClN3O2. The smallest absolute Gasteiger partial charge is 0.282 e. The fraction of sp³-hybridized carbons (Fsp3) is 0.333. The second-order valence-corrected chi connectivity index (χ2v) is 8.33. The number of imide groups is 1. The molecule has 6 heteroatoms. The van der Waals surface area contributed by atoms with Gasteiger partial charge in [0.2, 0.25) is 0 Å². The Morgan fingerprint density at radius 3 is 2.30 bits per heavy atom. The predicted molar refractivity (Wildman–Crippen MR) is 120 cm³/mol. The fourth-order valence-corrected chi connectivity index (χ4v) is 4.47. The summed E-state index contributed by atoms with van der Waals surface area (Å²) in [6, 6.07) is 12.9. The first kappa shape index (κ1) is 20.6. The maximum atomic E-state index is 13.6. The van der Waals surface area contributed by atoms with E-state index in [1.54, 1.807) is 24.3 Å². The molecule has 2 aromatic rings. The summed E-state index contributed by atoms with van der Waals surface area (Å²) in [6.07, 6.45) is 0. The number of hydrogen-bond acceptors (Lipinski definition) is 4. The first-order valence-corrected chi connectivity index (χ1v) is 10.7. The molecule has 0 N–H and O–H groups in total. The number of halogens is 1. The van der Waals surface area contributed by atoms with Gasteiger partial charge in [0.25, 0.3) is 11.8 Å². The highest BCUT2D eigenvalue weighted by Gasteiger charge is 2.43. The number of piperazine rings is 1. The molecule has 0 radical (unpaired) electrons. The summed E-state index contributed by atoms with van der Waals surface area (Å²) in [5, 5.41) is 0.492. The number of likely N-dealkylation sites (N-methyl/N-ethyl adjacent to an activating group) is 1. The molecule has 2 aliphatic rings. The molecule has 0 saturated carbocycles. The van der Waals surface area contributed by atoms with E-state index in [0.717, 1.165) is 49.4 Å². The third-order valence-electron chi connectivity index (χ3n) is 5.91. The maximum absolute atomic E-state index is 13.6. The second-order valence-electron chi connectivity index (χ2n) is 7.89. The van der Waals surface area contributed by atoms with E-state index in [1.807, 2.05) is 26.0 Å². The SMILES string of the molecule is CCN1CCN(C2=C(c3ccc(C)cc3C)C(=O)N(c3cccc(Cl)c3)C2=O)CC1. The molecule has 30 heavy (non-hydrogen) atoms. The van der Waals surface area contributed by atoms with Gasteiger partial charge in [-0.3, -0.25) is 9.59 Å². The van der Waals surface area contributed by atoms with Crippen LogP contribution < -0.4 is 4.90 Å². The van der Waals surface area contributed by atoms with Gasteiger partial charge in [-0.1, -0.05) is 48.4 Å². The van der Waals surface area contributed by atoms with Gasteiger partial charge in [-0.25, -0.2) is 4.90 Å². The van der Waals surface area contributed by atoms with Gasteiger partial charge in [-0.15, -0.1) is 0 Å². The topological polar surface area (TPSA) is 43.9 Å². The van der Waals surface area contributed by atoms with Gasteiger partial charge in [-0.05, 0) is 49.7 Å². The highest BCUT2D eigenvalue weighted by molar-refractivity contribution is 6.45. The highest BCUT2D eigenvalue weighted by Crippen LogP contribution is 2.37. The minimum absolute atomic E-state index is 0.276. The van der Waals surface area contributed by atoms with Crippen LogP contribution in [0, 0.1) is 13.8 Å². The van der Waals surface area contributed by atoms with Crippen molar-refractivity contribution in [3.63, 3.8) is 0 Å². The van der Waals surface area contributed by atoms with E-state index < -0.39 is 0 Å². The number of benzene rings is 2. The number of carbonyl (C=O) groups is 2. The Balaban J connectivity index is 1.82. The summed E-state index contributed by atoms with van der Waals surface area (Å²) >= 11 is 6.15. The summed E-state index contributed by atoms with van der Waals surface area (Å²) < 4.78 is 0.